The van der Waals surface area contributed by atoms with Crippen molar-refractivity contribution in [2.24, 2.45) is 0 Å². The molecule has 8 N–H and O–H groups in total. The molecule has 0 radical (unpaired) electrons. The summed E-state index contributed by atoms with van der Waals surface area (Å²) in [5.74, 6) is -0.0642. The van der Waals surface area contributed by atoms with E-state index in [1.54, 1.807) is 10.8 Å². The van der Waals surface area contributed by atoms with Crippen molar-refractivity contribution in [1.29, 1.82) is 0 Å². The van der Waals surface area contributed by atoms with Crippen molar-refractivity contribution < 1.29 is 20.7 Å². The number of fused-ring (bicyclic) bond motifs is 1. The highest BCUT2D eigenvalue weighted by molar-refractivity contribution is 5.80. The highest BCUT2D eigenvalue weighted by atomic mass is 16.5. The van der Waals surface area contributed by atoms with Crippen LogP contribution in [0.4, 0.5) is 5.95 Å². The maximum Gasteiger partial charge on any atom is 0.262 e. The molecular formula is C12H16N5O4+. The summed E-state index contributed by atoms with van der Waals surface area (Å²) in [6.45, 7) is 0.0560. The van der Waals surface area contributed by atoms with Crippen molar-refractivity contribution in [3.8, 4) is 0 Å². The number of rotatable bonds is 3. The number of aliphatic hydroxyl groups excluding tert-OH is 2. The van der Waals surface area contributed by atoms with E-state index in [9.17, 15) is 9.90 Å². The molecule has 3 heterocycles. The predicted molar refractivity (Wildman–Crippen MR) is 73.1 cm³/mol. The first-order valence-electron chi connectivity index (χ1n) is 6.40. The van der Waals surface area contributed by atoms with Crippen LogP contribution in [0.2, 0.25) is 0 Å². The molecule has 2 atom stereocenters. The maximum absolute atomic E-state index is 12.0. The molecule has 1 aliphatic rings. The quantitative estimate of drug-likeness (QED) is 0.458. The first-order valence-corrected chi connectivity index (χ1v) is 6.40. The van der Waals surface area contributed by atoms with Gasteiger partial charge in [-0.1, -0.05) is 0 Å². The summed E-state index contributed by atoms with van der Waals surface area (Å²) in [6.07, 6.45) is 1.69. The Bertz CT molecular complexity index is 778. The number of nitrogens with one attached hydrogen (secondary N) is 1. The molecule has 0 bridgehead atoms. The van der Waals surface area contributed by atoms with Gasteiger partial charge in [-0.05, 0) is 0 Å². The molecule has 0 saturated carbocycles. The van der Waals surface area contributed by atoms with Gasteiger partial charge in [0.05, 0.1) is 12.0 Å². The van der Waals surface area contributed by atoms with E-state index in [0.717, 1.165) is 0 Å². The molecule has 0 aromatic carbocycles. The second-order valence-electron chi connectivity index (χ2n) is 4.75. The van der Waals surface area contributed by atoms with E-state index >= 15 is 0 Å². The molecular weight excluding hydrogens is 278 g/mol. The Balaban J connectivity index is 2.18. The van der Waals surface area contributed by atoms with E-state index in [2.05, 4.69) is 15.7 Å². The number of aromatic amines is 1. The first kappa shape index (κ1) is 13.6. The lowest BCUT2D eigenvalue weighted by molar-refractivity contribution is -0.386. The van der Waals surface area contributed by atoms with Crippen LogP contribution in [0.25, 0.3) is 11.0 Å². The minimum absolute atomic E-state index is 0.00707. The van der Waals surface area contributed by atoms with E-state index in [-0.39, 0.29) is 23.9 Å². The molecule has 0 spiro atoms. The van der Waals surface area contributed by atoms with Gasteiger partial charge in [0, 0.05) is 17.8 Å². The SMILES string of the molecule is Nc1nc2c(c(C[NH3+])cn2C2C=C(O)C(CO)O2)c(=O)[nH]1. The van der Waals surface area contributed by atoms with Crippen molar-refractivity contribution in [2.45, 2.75) is 18.9 Å². The van der Waals surface area contributed by atoms with Crippen LogP contribution in [0.15, 0.2) is 22.8 Å². The largest absolute Gasteiger partial charge is 0.510 e. The number of aliphatic hydroxyl groups is 2. The van der Waals surface area contributed by atoms with E-state index in [0.29, 0.717) is 23.1 Å². The topological polar surface area (TPSA) is 154 Å². The van der Waals surface area contributed by atoms with Gasteiger partial charge in [0.25, 0.3) is 5.56 Å². The van der Waals surface area contributed by atoms with Crippen molar-refractivity contribution >= 4 is 17.0 Å². The first-order chi connectivity index (χ1) is 10.0. The standard InChI is InChI=1S/C12H15N5O4/c13-2-5-3-17(8-1-6(19)7(4-18)21-8)10-9(5)11(20)16-12(14)15-10/h1,3,7-8,18-19H,2,4,13H2,(H3,14,15,16,20)/p+1. The molecule has 0 fully saturated rings. The minimum atomic E-state index is -0.782. The fourth-order valence-corrected chi connectivity index (χ4v) is 2.44. The van der Waals surface area contributed by atoms with Crippen LogP contribution in [0.3, 0.4) is 0 Å². The summed E-state index contributed by atoms with van der Waals surface area (Å²) in [6, 6.07) is 0. The average molecular weight is 294 g/mol. The van der Waals surface area contributed by atoms with E-state index < -0.39 is 12.3 Å². The van der Waals surface area contributed by atoms with Crippen LogP contribution in [-0.2, 0) is 11.3 Å². The Labute approximate surface area is 118 Å². The number of hydrogen-bond acceptors (Lipinski definition) is 6. The predicted octanol–water partition coefficient (Wildman–Crippen LogP) is -1.62. The molecule has 21 heavy (non-hydrogen) atoms. The third kappa shape index (κ3) is 2.07. The van der Waals surface area contributed by atoms with E-state index in [4.69, 9.17) is 15.6 Å². The molecule has 2 aromatic rings. The number of aromatic nitrogens is 3. The number of anilines is 1. The molecule has 0 aliphatic carbocycles. The van der Waals surface area contributed by atoms with Gasteiger partial charge in [-0.15, -0.1) is 0 Å². The highest BCUT2D eigenvalue weighted by Gasteiger charge is 2.29. The third-order valence-electron chi connectivity index (χ3n) is 3.44. The van der Waals surface area contributed by atoms with Crippen molar-refractivity contribution in [3.63, 3.8) is 0 Å². The zero-order valence-corrected chi connectivity index (χ0v) is 11.1. The number of hydrogen-bond donors (Lipinski definition) is 5. The lowest BCUT2D eigenvalue weighted by Crippen LogP contribution is -2.47. The van der Waals surface area contributed by atoms with Crippen LogP contribution < -0.4 is 17.0 Å². The second-order valence-corrected chi connectivity index (χ2v) is 4.75. The van der Waals surface area contributed by atoms with E-state index in [1.807, 2.05) is 0 Å². The summed E-state index contributed by atoms with van der Waals surface area (Å²) in [5.41, 5.74) is 10.1. The summed E-state index contributed by atoms with van der Waals surface area (Å²) in [7, 11) is 0. The average Bonchev–Trinajstić information content (AvgIpc) is 2.98. The number of quaternary nitrogens is 1. The third-order valence-corrected chi connectivity index (χ3v) is 3.44. The van der Waals surface area contributed by atoms with Gasteiger partial charge in [0.15, 0.2) is 11.9 Å². The Hall–Kier alpha value is -2.36. The minimum Gasteiger partial charge on any atom is -0.510 e. The zero-order valence-electron chi connectivity index (χ0n) is 11.1. The lowest BCUT2D eigenvalue weighted by Gasteiger charge is -2.14. The number of ether oxygens (including phenoxy) is 1. The van der Waals surface area contributed by atoms with Gasteiger partial charge in [0.2, 0.25) is 5.95 Å². The van der Waals surface area contributed by atoms with Crippen molar-refractivity contribution in [3.05, 3.63) is 33.9 Å². The Morgan fingerprint density at radius 2 is 2.33 bits per heavy atom. The molecule has 0 amide bonds. The fourth-order valence-electron chi connectivity index (χ4n) is 2.44. The van der Waals surface area contributed by atoms with Gasteiger partial charge in [-0.25, -0.2) is 0 Å². The van der Waals surface area contributed by atoms with Crippen LogP contribution in [0.5, 0.6) is 0 Å². The van der Waals surface area contributed by atoms with Gasteiger partial charge in [-0.3, -0.25) is 9.78 Å². The van der Waals surface area contributed by atoms with Gasteiger partial charge >= 0.3 is 0 Å². The molecule has 112 valence electrons. The maximum atomic E-state index is 12.0. The Morgan fingerprint density at radius 1 is 1.57 bits per heavy atom. The van der Waals surface area contributed by atoms with Gasteiger partial charge < -0.3 is 31.0 Å². The number of nitrogens with two attached hydrogens (primary N) is 1. The lowest BCUT2D eigenvalue weighted by atomic mass is 10.2. The number of nitrogens with zero attached hydrogens (tertiary/aromatic N) is 2. The van der Waals surface area contributed by atoms with Gasteiger partial charge in [0.1, 0.15) is 18.4 Å². The molecule has 2 aromatic heterocycles. The molecule has 9 nitrogen and oxygen atoms in total. The Morgan fingerprint density at radius 3 is 2.95 bits per heavy atom. The smallest absolute Gasteiger partial charge is 0.262 e. The molecule has 3 rings (SSSR count). The second kappa shape index (κ2) is 4.88. The Kier molecular flexibility index (Phi) is 3.16. The van der Waals surface area contributed by atoms with Crippen LogP contribution in [0, 0.1) is 0 Å². The molecule has 1 aliphatic heterocycles. The number of nitrogen functional groups attached to an aromatic ring is 1. The van der Waals surface area contributed by atoms with Crippen molar-refractivity contribution in [2.75, 3.05) is 12.3 Å². The summed E-state index contributed by atoms with van der Waals surface area (Å²) >= 11 is 0. The van der Waals surface area contributed by atoms with E-state index in [1.165, 1.54) is 6.08 Å². The molecule has 2 unspecified atom stereocenters. The summed E-state index contributed by atoms with van der Waals surface area (Å²) < 4.78 is 7.10. The van der Waals surface area contributed by atoms with Gasteiger partial charge in [-0.2, -0.15) is 4.98 Å². The van der Waals surface area contributed by atoms with Crippen LogP contribution in [0.1, 0.15) is 11.8 Å². The van der Waals surface area contributed by atoms with Crippen molar-refractivity contribution in [1.82, 2.24) is 14.5 Å². The van der Waals surface area contributed by atoms with Crippen LogP contribution in [-0.4, -0.2) is 37.5 Å². The number of H-pyrrole nitrogens is 1. The highest BCUT2D eigenvalue weighted by Crippen LogP contribution is 2.29. The summed E-state index contributed by atoms with van der Waals surface area (Å²) in [4.78, 5) is 18.6. The zero-order chi connectivity index (χ0) is 15.1. The van der Waals surface area contributed by atoms with Crippen LogP contribution >= 0.6 is 0 Å². The monoisotopic (exact) mass is 294 g/mol. The molecule has 0 saturated heterocycles. The normalized spacial score (nSPS) is 21.9. The fraction of sp³-hybridized carbons (Fsp3) is 0.333. The molecule has 9 heteroatoms. The summed E-state index contributed by atoms with van der Waals surface area (Å²) in [5, 5.41) is 19.2.